The van der Waals surface area contributed by atoms with Gasteiger partial charge in [-0.15, -0.1) is 0 Å². The van der Waals surface area contributed by atoms with Crippen molar-refractivity contribution in [3.05, 3.63) is 79.6 Å². The fraction of sp³-hybridized carbons (Fsp3) is 0.400. The summed E-state index contributed by atoms with van der Waals surface area (Å²) in [6, 6.07) is 5.42. The minimum absolute atomic E-state index is 0.0767. The van der Waals surface area contributed by atoms with Gasteiger partial charge in [0.2, 0.25) is 0 Å². The number of rotatable bonds is 8. The van der Waals surface area contributed by atoms with E-state index >= 15 is 0 Å². The first-order chi connectivity index (χ1) is 13.3. The minimum atomic E-state index is 0.0767. The van der Waals surface area contributed by atoms with E-state index in [2.05, 4.69) is 50.9 Å². The second-order valence-electron chi connectivity index (χ2n) is 7.91. The molecule has 0 spiro atoms. The van der Waals surface area contributed by atoms with E-state index in [1.807, 2.05) is 13.0 Å². The third-order valence-electron chi connectivity index (χ3n) is 5.05. The number of aryl methyl sites for hydroxylation is 1. The Labute approximate surface area is 174 Å². The lowest BCUT2D eigenvalue weighted by atomic mass is 10.0. The van der Waals surface area contributed by atoms with Crippen molar-refractivity contribution in [1.29, 1.82) is 0 Å². The summed E-state index contributed by atoms with van der Waals surface area (Å²) in [5.41, 5.74) is 6.81. The van der Waals surface area contributed by atoms with Gasteiger partial charge in [-0.3, -0.25) is 4.79 Å². The summed E-state index contributed by atoms with van der Waals surface area (Å²) < 4.78 is 0. The average Bonchev–Trinajstić information content (AvgIpc) is 2.62. The molecule has 0 saturated heterocycles. The van der Waals surface area contributed by atoms with Gasteiger partial charge in [-0.2, -0.15) is 0 Å². The van der Waals surface area contributed by atoms with Crippen molar-refractivity contribution in [3.63, 3.8) is 0 Å². The van der Waals surface area contributed by atoms with Crippen molar-refractivity contribution in [2.24, 2.45) is 0 Å². The lowest BCUT2D eigenvalue weighted by molar-refractivity contribution is 0.913. The van der Waals surface area contributed by atoms with Crippen LogP contribution < -0.4 is 5.43 Å². The first-order valence-electron chi connectivity index (χ1n) is 10.0. The molecule has 0 saturated carbocycles. The van der Waals surface area contributed by atoms with Crippen LogP contribution in [0.2, 0.25) is 5.02 Å². The molecule has 2 rings (SSSR count). The summed E-state index contributed by atoms with van der Waals surface area (Å²) in [6.07, 6.45) is 11.8. The molecule has 28 heavy (non-hydrogen) atoms. The van der Waals surface area contributed by atoms with Crippen molar-refractivity contribution in [3.8, 4) is 0 Å². The minimum Gasteiger partial charge on any atom is -0.358 e. The predicted molar refractivity (Wildman–Crippen MR) is 123 cm³/mol. The number of aromatic amines is 1. The molecular formula is C25H32ClNO. The molecule has 2 aromatic rings. The van der Waals surface area contributed by atoms with E-state index in [4.69, 9.17) is 11.6 Å². The zero-order valence-electron chi connectivity index (χ0n) is 17.8. The van der Waals surface area contributed by atoms with E-state index in [0.29, 0.717) is 16.8 Å². The molecule has 3 heteroatoms. The molecule has 0 atom stereocenters. The maximum atomic E-state index is 12.8. The molecular weight excluding hydrogens is 366 g/mol. The lowest BCUT2D eigenvalue weighted by Gasteiger charge is -2.07. The number of allylic oxidation sites excluding steroid dienone is 6. The molecule has 0 aliphatic rings. The first kappa shape index (κ1) is 22.2. The van der Waals surface area contributed by atoms with E-state index in [9.17, 15) is 4.79 Å². The van der Waals surface area contributed by atoms with E-state index in [1.54, 1.807) is 12.1 Å². The van der Waals surface area contributed by atoms with Crippen molar-refractivity contribution < 1.29 is 0 Å². The molecule has 1 aromatic heterocycles. The smallest absolute Gasteiger partial charge is 0.193 e. The third-order valence-corrected chi connectivity index (χ3v) is 5.29. The summed E-state index contributed by atoms with van der Waals surface area (Å²) >= 11 is 6.07. The standard InChI is InChI=1S/C25H32ClNO/c1-17(2)8-6-9-18(3)10-7-11-19(4)12-14-22-20(5)27-24-15-13-21(26)16-23(24)25(22)28/h8,10,12-13,15-16H,6-7,9,11,14H2,1-5H3,(H,27,28)/b18-10+,19-12+. The lowest BCUT2D eigenvalue weighted by Crippen LogP contribution is -2.12. The number of benzene rings is 1. The molecule has 2 nitrogen and oxygen atoms in total. The van der Waals surface area contributed by atoms with Gasteiger partial charge in [0.25, 0.3) is 0 Å². The number of H-pyrrole nitrogens is 1. The van der Waals surface area contributed by atoms with Crippen LogP contribution in [0.5, 0.6) is 0 Å². The van der Waals surface area contributed by atoms with Crippen LogP contribution in [0.25, 0.3) is 10.9 Å². The Balaban J connectivity index is 2.01. The van der Waals surface area contributed by atoms with E-state index in [1.165, 1.54) is 16.7 Å². The Hall–Kier alpha value is -2.06. The Kier molecular flexibility index (Phi) is 8.32. The number of hydrogen-bond donors (Lipinski definition) is 1. The van der Waals surface area contributed by atoms with Crippen LogP contribution >= 0.6 is 11.6 Å². The third kappa shape index (κ3) is 6.53. The van der Waals surface area contributed by atoms with Gasteiger partial charge in [0, 0.05) is 27.2 Å². The molecule has 0 fully saturated rings. The van der Waals surface area contributed by atoms with E-state index in [0.717, 1.165) is 42.5 Å². The van der Waals surface area contributed by atoms with Gasteiger partial charge >= 0.3 is 0 Å². The van der Waals surface area contributed by atoms with Crippen molar-refractivity contribution >= 4 is 22.5 Å². The highest BCUT2D eigenvalue weighted by Crippen LogP contribution is 2.18. The highest BCUT2D eigenvalue weighted by Gasteiger charge is 2.09. The number of aromatic nitrogens is 1. The summed E-state index contributed by atoms with van der Waals surface area (Å²) in [7, 11) is 0. The summed E-state index contributed by atoms with van der Waals surface area (Å²) in [5, 5.41) is 1.25. The zero-order valence-corrected chi connectivity index (χ0v) is 18.5. The number of halogens is 1. The predicted octanol–water partition coefficient (Wildman–Crippen LogP) is 7.45. The van der Waals surface area contributed by atoms with Crippen LogP contribution in [0, 0.1) is 6.92 Å². The molecule has 0 aliphatic carbocycles. The molecule has 1 aromatic carbocycles. The van der Waals surface area contributed by atoms with Gasteiger partial charge in [-0.05, 0) is 84.9 Å². The monoisotopic (exact) mass is 397 g/mol. The van der Waals surface area contributed by atoms with Crippen LogP contribution in [0.15, 0.2) is 57.9 Å². The largest absolute Gasteiger partial charge is 0.358 e. The van der Waals surface area contributed by atoms with Crippen LogP contribution in [0.1, 0.15) is 64.6 Å². The highest BCUT2D eigenvalue weighted by atomic mass is 35.5. The molecule has 0 unspecified atom stereocenters. The van der Waals surface area contributed by atoms with Crippen LogP contribution in [0.4, 0.5) is 0 Å². The fourth-order valence-electron chi connectivity index (χ4n) is 3.28. The van der Waals surface area contributed by atoms with E-state index in [-0.39, 0.29) is 5.43 Å². The Bertz CT molecular complexity index is 972. The molecule has 0 amide bonds. The summed E-state index contributed by atoms with van der Waals surface area (Å²) in [4.78, 5) is 16.2. The van der Waals surface area contributed by atoms with Gasteiger partial charge in [0.05, 0.1) is 0 Å². The van der Waals surface area contributed by atoms with Crippen molar-refractivity contribution in [2.75, 3.05) is 0 Å². The van der Waals surface area contributed by atoms with Crippen LogP contribution in [-0.4, -0.2) is 4.98 Å². The quantitative estimate of drug-likeness (QED) is 0.461. The number of hydrogen-bond acceptors (Lipinski definition) is 1. The molecule has 1 heterocycles. The van der Waals surface area contributed by atoms with Gasteiger partial charge in [-0.25, -0.2) is 0 Å². The molecule has 0 bridgehead atoms. The van der Waals surface area contributed by atoms with Crippen LogP contribution in [-0.2, 0) is 6.42 Å². The SMILES string of the molecule is CC(C)=CCC/C(C)=C/CC/C(C)=C/Cc1c(C)[nH]c2ccc(Cl)cc2c1=O. The number of pyridine rings is 1. The second kappa shape index (κ2) is 10.5. The molecule has 150 valence electrons. The van der Waals surface area contributed by atoms with Crippen molar-refractivity contribution in [1.82, 2.24) is 4.98 Å². The Morgan fingerprint density at radius 1 is 1.00 bits per heavy atom. The zero-order chi connectivity index (χ0) is 20.7. The molecule has 1 N–H and O–H groups in total. The maximum absolute atomic E-state index is 12.8. The summed E-state index contributed by atoms with van der Waals surface area (Å²) in [6.45, 7) is 10.6. The van der Waals surface area contributed by atoms with Crippen LogP contribution in [0.3, 0.4) is 0 Å². The second-order valence-corrected chi connectivity index (χ2v) is 8.35. The molecule has 0 aliphatic heterocycles. The number of fused-ring (bicyclic) bond motifs is 1. The fourth-order valence-corrected chi connectivity index (χ4v) is 3.46. The molecule has 0 radical (unpaired) electrons. The Morgan fingerprint density at radius 2 is 1.64 bits per heavy atom. The number of nitrogens with one attached hydrogen (secondary N) is 1. The maximum Gasteiger partial charge on any atom is 0.193 e. The first-order valence-corrected chi connectivity index (χ1v) is 10.4. The van der Waals surface area contributed by atoms with Crippen molar-refractivity contribution in [2.45, 2.75) is 66.7 Å². The van der Waals surface area contributed by atoms with Gasteiger partial charge in [0.1, 0.15) is 0 Å². The van der Waals surface area contributed by atoms with E-state index < -0.39 is 0 Å². The summed E-state index contributed by atoms with van der Waals surface area (Å²) in [5.74, 6) is 0. The highest BCUT2D eigenvalue weighted by molar-refractivity contribution is 6.31. The Morgan fingerprint density at radius 3 is 2.32 bits per heavy atom. The average molecular weight is 398 g/mol. The van der Waals surface area contributed by atoms with Gasteiger partial charge in [0.15, 0.2) is 5.43 Å². The van der Waals surface area contributed by atoms with Gasteiger partial charge in [-0.1, -0.05) is 46.5 Å². The van der Waals surface area contributed by atoms with Gasteiger partial charge < -0.3 is 4.98 Å². The normalized spacial score (nSPS) is 12.5. The topological polar surface area (TPSA) is 32.9 Å².